The van der Waals surface area contributed by atoms with Crippen LogP contribution >= 0.6 is 0 Å². The Bertz CT molecular complexity index is 1060. The maximum atomic E-state index is 13.1. The molecule has 0 spiro atoms. The first-order valence-corrected chi connectivity index (χ1v) is 11.5. The number of hydrogen-bond donors (Lipinski definition) is 1. The van der Waals surface area contributed by atoms with Gasteiger partial charge in [0.1, 0.15) is 6.04 Å². The van der Waals surface area contributed by atoms with Gasteiger partial charge in [-0.3, -0.25) is 19.3 Å². The van der Waals surface area contributed by atoms with Gasteiger partial charge in [0.2, 0.25) is 11.8 Å². The lowest BCUT2D eigenvalue weighted by Crippen LogP contribution is -2.48. The smallest absolute Gasteiger partial charge is 0.330 e. The van der Waals surface area contributed by atoms with Crippen LogP contribution < -0.4 is 5.32 Å². The molecule has 7 heteroatoms. The van der Waals surface area contributed by atoms with Crippen molar-refractivity contribution in [3.8, 4) is 0 Å². The van der Waals surface area contributed by atoms with Crippen molar-refractivity contribution in [3.05, 3.63) is 83.9 Å². The summed E-state index contributed by atoms with van der Waals surface area (Å²) in [6, 6.07) is 17.2. The highest BCUT2D eigenvalue weighted by Gasteiger charge is 2.51. The monoisotopic (exact) mass is 460 g/mol. The highest BCUT2D eigenvalue weighted by atomic mass is 16.5. The van der Waals surface area contributed by atoms with Gasteiger partial charge in [0.25, 0.3) is 5.91 Å². The van der Waals surface area contributed by atoms with E-state index in [-0.39, 0.29) is 24.3 Å². The van der Waals surface area contributed by atoms with Crippen LogP contribution in [0.2, 0.25) is 0 Å². The predicted octanol–water partition coefficient (Wildman–Crippen LogP) is 2.97. The maximum absolute atomic E-state index is 13.1. The molecule has 1 saturated heterocycles. The zero-order valence-electron chi connectivity index (χ0n) is 19.1. The fourth-order valence-electron chi connectivity index (χ4n) is 4.59. The van der Waals surface area contributed by atoms with Crippen LogP contribution in [0.25, 0.3) is 0 Å². The average Bonchev–Trinajstić information content (AvgIpc) is 3.12. The molecule has 2 aromatic rings. The highest BCUT2D eigenvalue weighted by molar-refractivity contribution is 6.08. The predicted molar refractivity (Wildman–Crippen MR) is 125 cm³/mol. The Hall–Kier alpha value is -3.74. The molecule has 176 valence electrons. The molecule has 4 rings (SSSR count). The molecule has 34 heavy (non-hydrogen) atoms. The van der Waals surface area contributed by atoms with E-state index in [1.807, 2.05) is 79.7 Å². The quantitative estimate of drug-likeness (QED) is 0.371. The number of benzene rings is 2. The number of nitrogens with one attached hydrogen (secondary N) is 1. The summed E-state index contributed by atoms with van der Waals surface area (Å²) in [4.78, 5) is 52.8. The van der Waals surface area contributed by atoms with Crippen LogP contribution in [0.5, 0.6) is 0 Å². The van der Waals surface area contributed by atoms with Gasteiger partial charge in [-0.05, 0) is 30.9 Å². The van der Waals surface area contributed by atoms with Crippen molar-refractivity contribution < 1.29 is 23.9 Å². The number of carbonyl (C=O) groups excluding carboxylic acids is 4. The first kappa shape index (κ1) is 23.4. The van der Waals surface area contributed by atoms with Gasteiger partial charge in [-0.25, -0.2) is 4.79 Å². The van der Waals surface area contributed by atoms with E-state index >= 15 is 0 Å². The summed E-state index contributed by atoms with van der Waals surface area (Å²) in [6.07, 6.45) is 4.90. The van der Waals surface area contributed by atoms with Crippen LogP contribution in [0.4, 0.5) is 0 Å². The molecule has 1 fully saturated rings. The van der Waals surface area contributed by atoms with Crippen molar-refractivity contribution in [3.63, 3.8) is 0 Å². The van der Waals surface area contributed by atoms with Crippen LogP contribution in [0.15, 0.2) is 72.8 Å². The van der Waals surface area contributed by atoms with Crippen molar-refractivity contribution in [1.82, 2.24) is 10.2 Å². The van der Waals surface area contributed by atoms with Crippen LogP contribution in [-0.2, 0) is 30.3 Å². The Balaban J connectivity index is 1.45. The van der Waals surface area contributed by atoms with Crippen LogP contribution in [0.1, 0.15) is 36.9 Å². The van der Waals surface area contributed by atoms with Crippen molar-refractivity contribution in [1.29, 1.82) is 0 Å². The van der Waals surface area contributed by atoms with Gasteiger partial charge in [-0.2, -0.15) is 0 Å². The molecule has 0 aromatic heterocycles. The number of ether oxygens (including phenoxy) is 1. The van der Waals surface area contributed by atoms with E-state index in [4.69, 9.17) is 4.74 Å². The first-order chi connectivity index (χ1) is 16.5. The minimum Gasteiger partial charge on any atom is -0.454 e. The summed E-state index contributed by atoms with van der Waals surface area (Å²) in [5.74, 6) is -2.81. The third kappa shape index (κ3) is 5.09. The van der Waals surface area contributed by atoms with E-state index in [9.17, 15) is 19.2 Å². The largest absolute Gasteiger partial charge is 0.454 e. The topological polar surface area (TPSA) is 92.8 Å². The lowest BCUT2D eigenvalue weighted by Gasteiger charge is -2.25. The van der Waals surface area contributed by atoms with E-state index in [1.165, 1.54) is 0 Å². The summed E-state index contributed by atoms with van der Waals surface area (Å²) in [7, 11) is 0. The van der Waals surface area contributed by atoms with Crippen LogP contribution in [-0.4, -0.2) is 41.2 Å². The second-order valence-electron chi connectivity index (χ2n) is 8.72. The van der Waals surface area contributed by atoms with Gasteiger partial charge >= 0.3 is 5.97 Å². The molecule has 4 atom stereocenters. The summed E-state index contributed by atoms with van der Waals surface area (Å²) >= 11 is 0. The molecule has 2 aromatic carbocycles. The molecule has 0 unspecified atom stereocenters. The van der Waals surface area contributed by atoms with Crippen molar-refractivity contribution in [2.75, 3.05) is 6.61 Å². The molecule has 3 amide bonds. The number of carbonyl (C=O) groups is 4. The second-order valence-corrected chi connectivity index (χ2v) is 8.72. The number of rotatable bonds is 8. The Morgan fingerprint density at radius 3 is 2.09 bits per heavy atom. The molecular weight excluding hydrogens is 432 g/mol. The van der Waals surface area contributed by atoms with E-state index in [1.54, 1.807) is 0 Å². The minimum atomic E-state index is -1.12. The molecule has 1 N–H and O–H groups in total. The van der Waals surface area contributed by atoms with E-state index < -0.39 is 36.4 Å². The Morgan fingerprint density at radius 1 is 0.941 bits per heavy atom. The van der Waals surface area contributed by atoms with Gasteiger partial charge in [-0.1, -0.05) is 72.8 Å². The summed E-state index contributed by atoms with van der Waals surface area (Å²) in [5.41, 5.74) is 1.72. The number of amides is 3. The molecule has 7 nitrogen and oxygen atoms in total. The standard InChI is InChI=1S/C27H28N2O5/c1-18(20-12-6-3-7-13-20)28-24(30)17-34-27(33)23(16-19-10-4-2-5-11-19)29-25(31)21-14-8-9-15-22(21)26(29)32/h2-13,18,21-23H,14-17H2,1H3,(H,28,30)/t18-,21-,22+,23-/m0/s1. The fourth-order valence-corrected chi connectivity index (χ4v) is 4.59. The average molecular weight is 461 g/mol. The number of allylic oxidation sites excluding steroid dienone is 2. The Labute approximate surface area is 198 Å². The number of esters is 1. The van der Waals surface area contributed by atoms with E-state index in [2.05, 4.69) is 5.32 Å². The van der Waals surface area contributed by atoms with Gasteiger partial charge < -0.3 is 10.1 Å². The number of imide groups is 1. The zero-order valence-corrected chi connectivity index (χ0v) is 19.1. The molecule has 0 saturated carbocycles. The van der Waals surface area contributed by atoms with Crippen LogP contribution in [0, 0.1) is 11.8 Å². The maximum Gasteiger partial charge on any atom is 0.330 e. The number of hydrogen-bond acceptors (Lipinski definition) is 5. The molecule has 2 aliphatic rings. The third-order valence-electron chi connectivity index (χ3n) is 6.42. The number of nitrogens with zero attached hydrogens (tertiary/aromatic N) is 1. The van der Waals surface area contributed by atoms with E-state index in [0.717, 1.165) is 16.0 Å². The van der Waals surface area contributed by atoms with Gasteiger partial charge in [0.05, 0.1) is 17.9 Å². The van der Waals surface area contributed by atoms with E-state index in [0.29, 0.717) is 12.8 Å². The van der Waals surface area contributed by atoms with Gasteiger partial charge in [0.15, 0.2) is 6.61 Å². The zero-order chi connectivity index (χ0) is 24.1. The minimum absolute atomic E-state index is 0.131. The molecule has 1 heterocycles. The summed E-state index contributed by atoms with van der Waals surface area (Å²) in [5, 5.41) is 2.80. The third-order valence-corrected chi connectivity index (χ3v) is 6.42. The van der Waals surface area contributed by atoms with Gasteiger partial charge in [0, 0.05) is 6.42 Å². The highest BCUT2D eigenvalue weighted by Crippen LogP contribution is 2.36. The lowest BCUT2D eigenvalue weighted by atomic mass is 9.85. The number of likely N-dealkylation sites (tertiary alicyclic amines) is 1. The lowest BCUT2D eigenvalue weighted by molar-refractivity contribution is -0.160. The SMILES string of the molecule is C[C@H](NC(=O)COC(=O)[C@H](Cc1ccccc1)N1C(=O)[C@H]2CC=CC[C@H]2C1=O)c1ccccc1. The Morgan fingerprint density at radius 2 is 1.50 bits per heavy atom. The van der Waals surface area contributed by atoms with Crippen LogP contribution in [0.3, 0.4) is 0 Å². The fraction of sp³-hybridized carbons (Fsp3) is 0.333. The normalized spacial score (nSPS) is 21.0. The van der Waals surface area contributed by atoms with Crippen molar-refractivity contribution >= 4 is 23.7 Å². The van der Waals surface area contributed by atoms with Crippen molar-refractivity contribution in [2.45, 2.75) is 38.3 Å². The second kappa shape index (κ2) is 10.5. The van der Waals surface area contributed by atoms with Crippen molar-refractivity contribution in [2.24, 2.45) is 11.8 Å². The summed E-state index contributed by atoms with van der Waals surface area (Å²) in [6.45, 7) is 1.34. The molecule has 0 radical (unpaired) electrons. The number of fused-ring (bicyclic) bond motifs is 1. The Kier molecular flexibility index (Phi) is 7.21. The molecule has 1 aliphatic carbocycles. The first-order valence-electron chi connectivity index (χ1n) is 11.5. The van der Waals surface area contributed by atoms with Gasteiger partial charge in [-0.15, -0.1) is 0 Å². The molecule has 0 bridgehead atoms. The molecule has 1 aliphatic heterocycles. The summed E-state index contributed by atoms with van der Waals surface area (Å²) < 4.78 is 5.32. The molecular formula is C27H28N2O5.